The standard InChI is InChI=1S/C88H154N24O32S/c1-39(2)31-54(104-83(138)66(42(7)8)108-84(139)67(43(9)10)107-77(132)51(23-17-20-30-91)99-72(127)48(92)33-59(93)117)74(129)95-35-60(118)97-50(22-16-19-29-90)75(130)100-49(21-15-18-28-89)73(128)94-36-61(119)98-56(34-64(124)125)79(134)111-70(47(14)116)87(142)109-65(41(5)6)82(137)101-52(24-26-62(120)121)76(131)103-55(32-40(3)4)78(133)110-69(46(13)115)86(141)106-58(38-145)81(136)112-68(45(12)114)85(140)96-44(11)71(126)105-57(37-113)80(135)102-53(88(143)144)25-27-63(122)123/h39-58,65-70,113-116,145H,15-38,89-92H2,1-14H3,(H2,93,117)(H,94,128)(H,95,129)(H,96,140)(H,97,118)(H,98,119)(H,99,127)(H,100,130)(H,101,137)(H,102,135)(H,103,131)(H,104,138)(H,105,126)(H,106,141)(H,107,132)(H,108,139)(H,109,142)(H,110,133)(H,111,134)(H,112,136)(H,120,121)(H,122,123)(H,124,125)(H,143,144)/t44-,45+,46+,47+,48-,49-,50-,51-,52-,53-,54-,55-,56-,57-,58-,65-,66-,67-,68-,69-,70-/m0/s1. The molecule has 145 heavy (non-hydrogen) atoms. The number of unbranched alkanes of at least 4 members (excludes halogenated alkanes) is 3. The largest absolute Gasteiger partial charge is 0.481 e. The van der Waals surface area contributed by atoms with Crippen molar-refractivity contribution in [2.24, 2.45) is 58.3 Å². The predicted octanol–water partition coefficient (Wildman–Crippen LogP) is -11.5. The van der Waals surface area contributed by atoms with E-state index in [9.17, 15) is 151 Å². The minimum Gasteiger partial charge on any atom is -0.481 e. The average molecular weight is 2090 g/mol. The molecule has 21 atom stereocenters. The van der Waals surface area contributed by atoms with Crippen LogP contribution in [0, 0.1) is 29.6 Å². The van der Waals surface area contributed by atoms with Crippen molar-refractivity contribution in [3.05, 3.63) is 0 Å². The second-order valence-electron chi connectivity index (χ2n) is 36.8. The summed E-state index contributed by atoms with van der Waals surface area (Å²) in [4.78, 5) is 321. The molecule has 0 saturated carbocycles. The molecule has 824 valence electrons. The maximum atomic E-state index is 14.3. The number of primary amides is 1. The van der Waals surface area contributed by atoms with Crippen LogP contribution in [-0.4, -0.2) is 355 Å². The first kappa shape index (κ1) is 132. The van der Waals surface area contributed by atoms with Gasteiger partial charge in [0, 0.05) is 18.6 Å². The Morgan fingerprint density at radius 1 is 0.283 bits per heavy atom. The number of thiol groups is 1. The lowest BCUT2D eigenvalue weighted by Crippen LogP contribution is -2.63. The molecule has 37 N–H and O–H groups in total. The Labute approximate surface area is 844 Å². The number of aliphatic hydroxyl groups is 4. The van der Waals surface area contributed by atoms with E-state index in [1.807, 2.05) is 5.32 Å². The van der Waals surface area contributed by atoms with Gasteiger partial charge >= 0.3 is 23.9 Å². The molecule has 0 saturated heterocycles. The molecule has 0 aromatic rings. The van der Waals surface area contributed by atoms with Crippen molar-refractivity contribution < 1.29 is 156 Å². The average Bonchev–Trinajstić information content (AvgIpc) is 0.857. The SMILES string of the molecule is CC(C)C[C@H](NC(=O)[C@H](CCC(=O)O)NC(=O)[C@@H](NC(=O)[C@@H](NC(=O)[C@H](CC(=O)O)NC(=O)CNC(=O)[C@H](CCCCN)NC(=O)[C@H](CCCCN)NC(=O)CNC(=O)[C@H](CC(C)C)NC(=O)[C@@H](NC(=O)[C@@H](NC(=O)[C@H](CCCCN)NC(=O)[C@@H](N)CC(N)=O)C(C)C)C(C)C)[C@@H](C)O)C(C)C)C(=O)N[C@H](C(=O)N[C@@H](CS)C(=O)N[C@H](C(=O)N[C@@H](C)C(=O)N[C@@H](CO)C(=O)N[C@@H](CCC(=O)O)C(=O)O)[C@@H](C)O)[C@@H](C)O. The van der Waals surface area contributed by atoms with Crippen LogP contribution < -0.4 is 130 Å². The summed E-state index contributed by atoms with van der Waals surface area (Å²) >= 11 is 4.10. The van der Waals surface area contributed by atoms with Gasteiger partial charge in [-0.05, 0) is 160 Å². The molecule has 0 bridgehead atoms. The first-order valence-electron chi connectivity index (χ1n) is 47.6. The Bertz CT molecular complexity index is 4360. The number of carboxylic acid groups (broad SMARTS) is 4. The van der Waals surface area contributed by atoms with E-state index in [4.69, 9.17) is 33.8 Å². The number of carbonyl (C=O) groups excluding carboxylic acids is 20. The first-order chi connectivity index (χ1) is 67.6. The number of aliphatic hydroxyl groups excluding tert-OH is 4. The van der Waals surface area contributed by atoms with Gasteiger partial charge in [0.15, 0.2) is 0 Å². The molecule has 56 nitrogen and oxygen atoms in total. The number of aliphatic carboxylic acids is 4. The lowest BCUT2D eigenvalue weighted by atomic mass is 9.97. The topological polar surface area (TPSA) is 930 Å². The van der Waals surface area contributed by atoms with Crippen molar-refractivity contribution in [3.63, 3.8) is 0 Å². The Morgan fingerprint density at radius 2 is 0.559 bits per heavy atom. The summed E-state index contributed by atoms with van der Waals surface area (Å²) < 4.78 is 0. The van der Waals surface area contributed by atoms with Crippen LogP contribution in [0.1, 0.15) is 206 Å². The number of carboxylic acids is 4. The highest BCUT2D eigenvalue weighted by molar-refractivity contribution is 7.80. The van der Waals surface area contributed by atoms with Crippen LogP contribution in [0.25, 0.3) is 0 Å². The maximum absolute atomic E-state index is 14.3. The van der Waals surface area contributed by atoms with Gasteiger partial charge in [0.1, 0.15) is 103 Å². The van der Waals surface area contributed by atoms with Gasteiger partial charge in [0.25, 0.3) is 0 Å². The summed E-state index contributed by atoms with van der Waals surface area (Å²) in [7, 11) is 0. The van der Waals surface area contributed by atoms with Gasteiger partial charge in [-0.1, -0.05) is 69.2 Å². The highest BCUT2D eigenvalue weighted by atomic mass is 32.1. The van der Waals surface area contributed by atoms with Crippen molar-refractivity contribution >= 4 is 155 Å². The zero-order chi connectivity index (χ0) is 111. The van der Waals surface area contributed by atoms with Crippen LogP contribution in [0.2, 0.25) is 0 Å². The molecule has 0 fully saturated rings. The molecule has 0 aliphatic rings. The monoisotopic (exact) mass is 2090 g/mol. The van der Waals surface area contributed by atoms with Crippen LogP contribution >= 0.6 is 12.6 Å². The fourth-order valence-electron chi connectivity index (χ4n) is 13.8. The van der Waals surface area contributed by atoms with E-state index in [1.54, 1.807) is 55.4 Å². The van der Waals surface area contributed by atoms with Crippen LogP contribution in [0.15, 0.2) is 0 Å². The molecular formula is C88H154N24O32S. The Kier molecular flexibility index (Phi) is 62.6. The Hall–Kier alpha value is -12.7. The Morgan fingerprint density at radius 3 is 0.938 bits per heavy atom. The van der Waals surface area contributed by atoms with Crippen LogP contribution in [0.4, 0.5) is 0 Å². The third-order valence-corrected chi connectivity index (χ3v) is 22.3. The molecule has 57 heteroatoms. The van der Waals surface area contributed by atoms with E-state index in [0.717, 1.165) is 27.7 Å². The van der Waals surface area contributed by atoms with E-state index in [0.29, 0.717) is 25.7 Å². The predicted molar refractivity (Wildman–Crippen MR) is 518 cm³/mol. The smallest absolute Gasteiger partial charge is 0.326 e. The van der Waals surface area contributed by atoms with Crippen molar-refractivity contribution in [2.45, 2.75) is 333 Å². The number of amides is 20. The minimum absolute atomic E-state index is 0.00424. The van der Waals surface area contributed by atoms with Crippen LogP contribution in [0.3, 0.4) is 0 Å². The summed E-state index contributed by atoms with van der Waals surface area (Å²) in [6, 6.07) is -30.0. The lowest BCUT2D eigenvalue weighted by Gasteiger charge is -2.30. The molecule has 20 amide bonds. The summed E-state index contributed by atoms with van der Waals surface area (Å²) in [5.74, 6) is -31.7. The number of nitrogens with two attached hydrogens (primary N) is 5. The van der Waals surface area contributed by atoms with Gasteiger partial charge in [-0.15, -0.1) is 0 Å². The second-order valence-corrected chi connectivity index (χ2v) is 37.2. The molecule has 0 spiro atoms. The second kappa shape index (κ2) is 68.6. The Balaban J connectivity index is 6.75. The highest BCUT2D eigenvalue weighted by Gasteiger charge is 2.42. The number of hydrogen-bond donors (Lipinski definition) is 33. The lowest BCUT2D eigenvalue weighted by molar-refractivity contribution is -0.144. The summed E-state index contributed by atoms with van der Waals surface area (Å²) in [5.41, 5.74) is 28.2. The normalized spacial score (nSPS) is 15.6. The van der Waals surface area contributed by atoms with E-state index < -0.39 is 357 Å². The van der Waals surface area contributed by atoms with Gasteiger partial charge in [-0.3, -0.25) is 110 Å². The van der Waals surface area contributed by atoms with E-state index >= 15 is 0 Å². The molecule has 0 aromatic heterocycles. The molecule has 0 rings (SSSR count). The maximum Gasteiger partial charge on any atom is 0.326 e. The van der Waals surface area contributed by atoms with Gasteiger partial charge in [-0.25, -0.2) is 4.79 Å². The molecule has 0 aliphatic heterocycles. The zero-order valence-corrected chi connectivity index (χ0v) is 85.1. The molecule has 0 heterocycles. The van der Waals surface area contributed by atoms with Gasteiger partial charge in [0.2, 0.25) is 118 Å². The number of carbonyl (C=O) groups is 24. The van der Waals surface area contributed by atoms with Crippen LogP contribution in [-0.2, 0) is 115 Å². The molecule has 0 aromatic carbocycles. The number of nitrogens with one attached hydrogen (secondary N) is 19. The molecule has 0 radical (unpaired) electrons. The third-order valence-electron chi connectivity index (χ3n) is 21.9. The fourth-order valence-corrected chi connectivity index (χ4v) is 14.0. The van der Waals surface area contributed by atoms with Crippen LogP contribution in [0.5, 0.6) is 0 Å². The van der Waals surface area contributed by atoms with E-state index in [1.165, 1.54) is 13.8 Å². The summed E-state index contributed by atoms with van der Waals surface area (Å²) in [5, 5.41) is 125. The quantitative estimate of drug-likeness (QED) is 0.0199. The minimum atomic E-state index is -2.11. The first-order valence-corrected chi connectivity index (χ1v) is 48.3. The number of rotatable bonds is 73. The van der Waals surface area contributed by atoms with Crippen molar-refractivity contribution in [1.82, 2.24) is 101 Å². The fraction of sp³-hybridized carbons (Fsp3) is 0.727. The van der Waals surface area contributed by atoms with E-state index in [-0.39, 0.29) is 70.5 Å². The zero-order valence-electron chi connectivity index (χ0n) is 84.2. The molecular weight excluding hydrogens is 1940 g/mol. The summed E-state index contributed by atoms with van der Waals surface area (Å²) in [6.07, 6.45) is -8.61. The van der Waals surface area contributed by atoms with Gasteiger partial charge in [-0.2, -0.15) is 12.6 Å². The van der Waals surface area contributed by atoms with Crippen molar-refractivity contribution in [1.29, 1.82) is 0 Å². The molecule has 0 aliphatic carbocycles. The molecule has 0 unspecified atom stereocenters. The highest BCUT2D eigenvalue weighted by Crippen LogP contribution is 2.17. The third kappa shape index (κ3) is 51.6. The number of hydrogen-bond acceptors (Lipinski definition) is 33. The van der Waals surface area contributed by atoms with Gasteiger partial charge in [0.05, 0.1) is 56.9 Å². The van der Waals surface area contributed by atoms with Crippen molar-refractivity contribution in [2.75, 3.05) is 45.1 Å². The van der Waals surface area contributed by atoms with E-state index in [2.05, 4.69) is 108 Å². The van der Waals surface area contributed by atoms with Gasteiger partial charge < -0.3 is 171 Å². The van der Waals surface area contributed by atoms with Crippen molar-refractivity contribution in [3.8, 4) is 0 Å². The summed E-state index contributed by atoms with van der Waals surface area (Å²) in [6.45, 7) is 17.5.